The molecule has 0 radical (unpaired) electrons. The van der Waals surface area contributed by atoms with E-state index in [9.17, 15) is 4.79 Å². The number of nitrogens with one attached hydrogen (secondary N) is 1. The summed E-state index contributed by atoms with van der Waals surface area (Å²) in [4.78, 5) is 15.7. The van der Waals surface area contributed by atoms with Gasteiger partial charge in [-0.2, -0.15) is 0 Å². The molecule has 16 heavy (non-hydrogen) atoms. The Morgan fingerprint density at radius 3 is 2.88 bits per heavy atom. The quantitative estimate of drug-likeness (QED) is 0.799. The zero-order valence-electron chi connectivity index (χ0n) is 9.36. The lowest BCUT2D eigenvalue weighted by Crippen LogP contribution is -2.27. The maximum Gasteiger partial charge on any atom is 0.417 e. The number of fused-ring (bicyclic) bond motifs is 1. The van der Waals surface area contributed by atoms with Crippen LogP contribution in [-0.2, 0) is 0 Å². The molecule has 5 nitrogen and oxygen atoms in total. The first-order valence-electron chi connectivity index (χ1n) is 5.11. The van der Waals surface area contributed by atoms with Gasteiger partial charge in [0.15, 0.2) is 5.58 Å². The molecular weight excluding hydrogens is 206 g/mol. The van der Waals surface area contributed by atoms with Gasteiger partial charge in [0.25, 0.3) is 0 Å². The number of likely N-dealkylation sites (N-methyl/N-ethyl adjacent to an activating group) is 1. The molecule has 0 saturated carbocycles. The van der Waals surface area contributed by atoms with Crippen molar-refractivity contribution in [1.82, 2.24) is 9.88 Å². The fourth-order valence-electron chi connectivity index (χ4n) is 1.82. The van der Waals surface area contributed by atoms with Crippen molar-refractivity contribution in [3.05, 3.63) is 34.3 Å². The molecule has 86 valence electrons. The Kier molecular flexibility index (Phi) is 2.80. The molecule has 1 heterocycles. The average Bonchev–Trinajstić information content (AvgIpc) is 2.57. The van der Waals surface area contributed by atoms with Gasteiger partial charge in [0, 0.05) is 12.6 Å². The van der Waals surface area contributed by atoms with Gasteiger partial charge in [-0.25, -0.2) is 4.79 Å². The van der Waals surface area contributed by atoms with Gasteiger partial charge in [0.2, 0.25) is 0 Å². The number of aromatic nitrogens is 1. The van der Waals surface area contributed by atoms with Crippen LogP contribution in [0.5, 0.6) is 0 Å². The molecular formula is C11H15N3O2. The molecule has 0 bridgehead atoms. The second-order valence-electron chi connectivity index (χ2n) is 3.99. The van der Waals surface area contributed by atoms with Gasteiger partial charge >= 0.3 is 5.76 Å². The van der Waals surface area contributed by atoms with Crippen LogP contribution in [0.1, 0.15) is 11.6 Å². The van der Waals surface area contributed by atoms with Crippen LogP contribution in [0.4, 0.5) is 0 Å². The lowest BCUT2D eigenvalue weighted by atomic mass is 10.1. The van der Waals surface area contributed by atoms with Gasteiger partial charge < -0.3 is 15.1 Å². The van der Waals surface area contributed by atoms with Crippen LogP contribution in [-0.4, -0.2) is 30.5 Å². The maximum absolute atomic E-state index is 11.0. The first-order chi connectivity index (χ1) is 7.61. The fraction of sp³-hybridized carbons (Fsp3) is 0.364. The summed E-state index contributed by atoms with van der Waals surface area (Å²) in [6.45, 7) is 0.528. The molecule has 0 spiro atoms. The van der Waals surface area contributed by atoms with Crippen molar-refractivity contribution in [3.8, 4) is 0 Å². The van der Waals surface area contributed by atoms with E-state index >= 15 is 0 Å². The van der Waals surface area contributed by atoms with Crippen LogP contribution in [0.3, 0.4) is 0 Å². The molecule has 0 fully saturated rings. The van der Waals surface area contributed by atoms with E-state index in [-0.39, 0.29) is 6.04 Å². The molecule has 1 aromatic heterocycles. The van der Waals surface area contributed by atoms with Crippen LogP contribution in [0.15, 0.2) is 27.4 Å². The van der Waals surface area contributed by atoms with E-state index < -0.39 is 5.76 Å². The number of hydrogen-bond acceptors (Lipinski definition) is 4. The minimum atomic E-state index is -0.429. The molecule has 0 aliphatic rings. The van der Waals surface area contributed by atoms with Crippen LogP contribution >= 0.6 is 0 Å². The molecule has 2 rings (SSSR count). The normalized spacial score (nSPS) is 13.5. The van der Waals surface area contributed by atoms with Crippen molar-refractivity contribution < 1.29 is 4.42 Å². The molecule has 1 aromatic carbocycles. The van der Waals surface area contributed by atoms with Gasteiger partial charge in [-0.3, -0.25) is 4.98 Å². The summed E-state index contributed by atoms with van der Waals surface area (Å²) in [5.74, 6) is -0.429. The molecule has 1 atom stereocenters. The second kappa shape index (κ2) is 4.11. The molecule has 0 saturated heterocycles. The van der Waals surface area contributed by atoms with E-state index in [0.717, 1.165) is 5.56 Å². The Balaban J connectivity index is 2.48. The van der Waals surface area contributed by atoms with Crippen LogP contribution < -0.4 is 11.5 Å². The van der Waals surface area contributed by atoms with Crippen molar-refractivity contribution in [3.63, 3.8) is 0 Å². The highest BCUT2D eigenvalue weighted by Crippen LogP contribution is 2.20. The maximum atomic E-state index is 11.0. The predicted octanol–water partition coefficient (Wildman–Crippen LogP) is 0.683. The minimum absolute atomic E-state index is 0.141. The fourth-order valence-corrected chi connectivity index (χ4v) is 1.82. The Bertz CT molecular complexity index is 541. The van der Waals surface area contributed by atoms with Gasteiger partial charge in [-0.1, -0.05) is 6.07 Å². The van der Waals surface area contributed by atoms with Crippen LogP contribution in [0.2, 0.25) is 0 Å². The molecule has 2 aromatic rings. The van der Waals surface area contributed by atoms with Crippen molar-refractivity contribution in [1.29, 1.82) is 0 Å². The summed E-state index contributed by atoms with van der Waals surface area (Å²) in [7, 11) is 3.94. The van der Waals surface area contributed by atoms with E-state index in [0.29, 0.717) is 17.6 Å². The van der Waals surface area contributed by atoms with Crippen molar-refractivity contribution in [2.75, 3.05) is 20.6 Å². The van der Waals surface area contributed by atoms with Crippen LogP contribution in [0, 0.1) is 0 Å². The standard InChI is InChI=1S/C11H15N3O2/c1-14(2)9(6-12)7-3-4-10-8(5-7)13-11(15)16-10/h3-5,9H,6,12H2,1-2H3,(H,13,15). The zero-order chi connectivity index (χ0) is 11.7. The topological polar surface area (TPSA) is 75.3 Å². The third kappa shape index (κ3) is 1.87. The molecule has 5 heteroatoms. The van der Waals surface area contributed by atoms with E-state index in [1.165, 1.54) is 0 Å². The third-order valence-corrected chi connectivity index (χ3v) is 2.67. The Morgan fingerprint density at radius 1 is 1.50 bits per heavy atom. The first kappa shape index (κ1) is 10.9. The number of rotatable bonds is 3. The summed E-state index contributed by atoms with van der Waals surface area (Å²) >= 11 is 0. The summed E-state index contributed by atoms with van der Waals surface area (Å²) in [5, 5.41) is 0. The van der Waals surface area contributed by atoms with Gasteiger partial charge in [0.05, 0.1) is 5.52 Å². The number of aromatic amines is 1. The summed E-state index contributed by atoms with van der Waals surface area (Å²) in [5.41, 5.74) is 8.07. The summed E-state index contributed by atoms with van der Waals surface area (Å²) in [6.07, 6.45) is 0. The number of benzene rings is 1. The molecule has 1 unspecified atom stereocenters. The number of nitrogens with zero attached hydrogens (tertiary/aromatic N) is 1. The third-order valence-electron chi connectivity index (χ3n) is 2.67. The first-order valence-corrected chi connectivity index (χ1v) is 5.11. The predicted molar refractivity (Wildman–Crippen MR) is 62.3 cm³/mol. The largest absolute Gasteiger partial charge is 0.417 e. The van der Waals surface area contributed by atoms with E-state index in [1.54, 1.807) is 6.07 Å². The highest BCUT2D eigenvalue weighted by atomic mass is 16.4. The molecule has 0 amide bonds. The highest BCUT2D eigenvalue weighted by molar-refractivity contribution is 5.72. The van der Waals surface area contributed by atoms with E-state index in [2.05, 4.69) is 4.98 Å². The van der Waals surface area contributed by atoms with Gasteiger partial charge in [-0.15, -0.1) is 0 Å². The van der Waals surface area contributed by atoms with Crippen LogP contribution in [0.25, 0.3) is 11.1 Å². The average molecular weight is 221 g/mol. The van der Waals surface area contributed by atoms with Gasteiger partial charge in [-0.05, 0) is 31.8 Å². The summed E-state index contributed by atoms with van der Waals surface area (Å²) in [6, 6.07) is 5.76. The highest BCUT2D eigenvalue weighted by Gasteiger charge is 2.13. The second-order valence-corrected chi connectivity index (χ2v) is 3.99. The van der Waals surface area contributed by atoms with E-state index in [1.807, 2.05) is 31.1 Å². The van der Waals surface area contributed by atoms with Crippen molar-refractivity contribution in [2.45, 2.75) is 6.04 Å². The number of nitrogens with two attached hydrogens (primary N) is 1. The lowest BCUT2D eigenvalue weighted by Gasteiger charge is -2.22. The minimum Gasteiger partial charge on any atom is -0.408 e. The Hall–Kier alpha value is -1.59. The number of hydrogen-bond donors (Lipinski definition) is 2. The SMILES string of the molecule is CN(C)C(CN)c1ccc2oc(=O)[nH]c2c1. The van der Waals surface area contributed by atoms with Crippen molar-refractivity contribution in [2.24, 2.45) is 5.73 Å². The Labute approximate surface area is 92.8 Å². The Morgan fingerprint density at radius 2 is 2.25 bits per heavy atom. The number of oxazole rings is 1. The molecule has 0 aliphatic carbocycles. The van der Waals surface area contributed by atoms with Crippen molar-refractivity contribution >= 4 is 11.1 Å². The van der Waals surface area contributed by atoms with E-state index in [4.69, 9.17) is 10.2 Å². The lowest BCUT2D eigenvalue weighted by molar-refractivity contribution is 0.306. The molecule has 3 N–H and O–H groups in total. The summed E-state index contributed by atoms with van der Waals surface area (Å²) < 4.78 is 4.94. The number of H-pyrrole nitrogens is 1. The zero-order valence-corrected chi connectivity index (χ0v) is 9.36. The smallest absolute Gasteiger partial charge is 0.408 e. The molecule has 0 aliphatic heterocycles. The monoisotopic (exact) mass is 221 g/mol. The van der Waals surface area contributed by atoms with Gasteiger partial charge in [0.1, 0.15) is 0 Å².